The first kappa shape index (κ1) is 26.8. The summed E-state index contributed by atoms with van der Waals surface area (Å²) in [5.41, 5.74) is 0.943. The number of ether oxygens (including phenoxy) is 1. The van der Waals surface area contributed by atoms with Crippen molar-refractivity contribution in [3.8, 4) is 5.75 Å². The van der Waals surface area contributed by atoms with E-state index in [4.69, 9.17) is 16.3 Å². The average molecular weight is 435 g/mol. The second-order valence-corrected chi connectivity index (χ2v) is 8.73. The number of halogens is 1. The molecule has 0 aliphatic rings. The summed E-state index contributed by atoms with van der Waals surface area (Å²) < 4.78 is 5.79. The number of hydrogen-bond acceptors (Lipinski definition) is 2. The van der Waals surface area contributed by atoms with E-state index in [0.717, 1.165) is 24.3 Å². The molecule has 30 heavy (non-hydrogen) atoms. The molecule has 170 valence electrons. The van der Waals surface area contributed by atoms with Crippen LogP contribution >= 0.6 is 11.6 Å². The third kappa shape index (κ3) is 16.5. The van der Waals surface area contributed by atoms with Crippen LogP contribution in [0.5, 0.6) is 5.75 Å². The highest BCUT2D eigenvalue weighted by Crippen LogP contribution is 2.16. The molecule has 0 heterocycles. The van der Waals surface area contributed by atoms with E-state index in [-0.39, 0.29) is 0 Å². The molecule has 0 atom stereocenters. The Hall–Kier alpha value is -1.28. The lowest BCUT2D eigenvalue weighted by Gasteiger charge is -2.06. The second kappa shape index (κ2) is 19.7. The van der Waals surface area contributed by atoms with Crippen molar-refractivity contribution < 1.29 is 9.53 Å². The van der Waals surface area contributed by atoms with Crippen LogP contribution in [0.3, 0.4) is 0 Å². The van der Waals surface area contributed by atoms with E-state index in [1.807, 2.05) is 24.3 Å². The zero-order valence-electron chi connectivity index (χ0n) is 19.2. The van der Waals surface area contributed by atoms with Gasteiger partial charge in [-0.25, -0.2) is 0 Å². The first-order valence-electron chi connectivity index (χ1n) is 12.3. The molecule has 0 fully saturated rings. The number of carbonyl (C=O) groups excluding carboxylic acids is 1. The lowest BCUT2D eigenvalue weighted by atomic mass is 10.0. The van der Waals surface area contributed by atoms with Gasteiger partial charge in [0.15, 0.2) is 0 Å². The van der Waals surface area contributed by atoms with Crippen LogP contribution in [0.25, 0.3) is 6.08 Å². The standard InChI is InChI=1S/C27H43ClO2/c1-2-3-4-5-6-7-8-9-10-11-12-13-14-15-16-17-24-30-26-21-18-25(19-22-26)20-23-27(28)29/h18-23H,2-17,24H2,1H3. The highest BCUT2D eigenvalue weighted by Gasteiger charge is 1.97. The highest BCUT2D eigenvalue weighted by atomic mass is 35.5. The summed E-state index contributed by atoms with van der Waals surface area (Å²) in [5.74, 6) is 0.880. The fourth-order valence-corrected chi connectivity index (χ4v) is 3.74. The molecule has 0 radical (unpaired) electrons. The maximum Gasteiger partial charge on any atom is 0.245 e. The molecule has 0 aliphatic carbocycles. The van der Waals surface area contributed by atoms with E-state index in [9.17, 15) is 4.79 Å². The summed E-state index contributed by atoms with van der Waals surface area (Å²) in [5, 5.41) is -0.459. The largest absolute Gasteiger partial charge is 0.494 e. The van der Waals surface area contributed by atoms with Crippen molar-refractivity contribution >= 4 is 22.9 Å². The van der Waals surface area contributed by atoms with E-state index in [1.165, 1.54) is 102 Å². The summed E-state index contributed by atoms with van der Waals surface area (Å²) in [6.45, 7) is 3.06. The summed E-state index contributed by atoms with van der Waals surface area (Å²) in [6.07, 6.45) is 25.2. The molecule has 0 saturated heterocycles. The Labute approximate surface area is 190 Å². The van der Waals surface area contributed by atoms with Gasteiger partial charge in [0.1, 0.15) is 5.75 Å². The van der Waals surface area contributed by atoms with Gasteiger partial charge >= 0.3 is 0 Å². The van der Waals surface area contributed by atoms with E-state index in [0.29, 0.717) is 0 Å². The van der Waals surface area contributed by atoms with Crippen molar-refractivity contribution in [2.75, 3.05) is 6.61 Å². The maximum absolute atomic E-state index is 10.7. The van der Waals surface area contributed by atoms with Crippen LogP contribution in [0.2, 0.25) is 0 Å². The zero-order valence-corrected chi connectivity index (χ0v) is 19.9. The molecule has 0 bridgehead atoms. The molecule has 0 amide bonds. The van der Waals surface area contributed by atoms with Gasteiger partial charge in [-0.1, -0.05) is 121 Å². The monoisotopic (exact) mass is 434 g/mol. The summed E-state index contributed by atoms with van der Waals surface area (Å²) in [4.78, 5) is 10.7. The van der Waals surface area contributed by atoms with E-state index < -0.39 is 5.24 Å². The van der Waals surface area contributed by atoms with Crippen LogP contribution in [-0.4, -0.2) is 11.8 Å². The van der Waals surface area contributed by atoms with Crippen LogP contribution < -0.4 is 4.74 Å². The van der Waals surface area contributed by atoms with E-state index in [1.54, 1.807) is 6.08 Å². The second-order valence-electron chi connectivity index (χ2n) is 8.36. The zero-order chi connectivity index (χ0) is 21.7. The van der Waals surface area contributed by atoms with Crippen molar-refractivity contribution in [1.82, 2.24) is 0 Å². The topological polar surface area (TPSA) is 26.3 Å². The minimum Gasteiger partial charge on any atom is -0.494 e. The molecule has 1 rings (SSSR count). The van der Waals surface area contributed by atoms with Crippen LogP contribution in [0.15, 0.2) is 30.3 Å². The van der Waals surface area contributed by atoms with Gasteiger partial charge in [-0.15, -0.1) is 0 Å². The average Bonchev–Trinajstić information content (AvgIpc) is 2.75. The van der Waals surface area contributed by atoms with Crippen molar-refractivity contribution in [1.29, 1.82) is 0 Å². The van der Waals surface area contributed by atoms with Crippen LogP contribution in [0.4, 0.5) is 0 Å². The fraction of sp³-hybridized carbons (Fsp3) is 0.667. The number of unbranched alkanes of at least 4 members (excludes halogenated alkanes) is 15. The Morgan fingerprint density at radius 3 is 1.60 bits per heavy atom. The van der Waals surface area contributed by atoms with Gasteiger partial charge in [0.2, 0.25) is 5.24 Å². The van der Waals surface area contributed by atoms with Crippen molar-refractivity contribution in [3.05, 3.63) is 35.9 Å². The summed E-state index contributed by atoms with van der Waals surface area (Å²) >= 11 is 5.29. The molecule has 1 aromatic carbocycles. The lowest BCUT2D eigenvalue weighted by Crippen LogP contribution is -1.97. The van der Waals surface area contributed by atoms with Gasteiger partial charge in [-0.2, -0.15) is 0 Å². The number of benzene rings is 1. The Morgan fingerprint density at radius 2 is 1.17 bits per heavy atom. The van der Waals surface area contributed by atoms with E-state index in [2.05, 4.69) is 6.92 Å². The minimum absolute atomic E-state index is 0.459. The molecule has 2 nitrogen and oxygen atoms in total. The molecule has 0 unspecified atom stereocenters. The summed E-state index contributed by atoms with van der Waals surface area (Å²) in [7, 11) is 0. The quantitative estimate of drug-likeness (QED) is 0.116. The molecular formula is C27H43ClO2. The normalized spacial score (nSPS) is 11.3. The molecule has 0 aromatic heterocycles. The molecule has 3 heteroatoms. The van der Waals surface area contributed by atoms with Gasteiger partial charge in [-0.3, -0.25) is 4.79 Å². The molecular weight excluding hydrogens is 392 g/mol. The maximum atomic E-state index is 10.7. The third-order valence-electron chi connectivity index (χ3n) is 5.55. The molecule has 0 saturated carbocycles. The number of allylic oxidation sites excluding steroid dienone is 1. The molecule has 1 aromatic rings. The Bertz CT molecular complexity index is 550. The summed E-state index contributed by atoms with van der Waals surface area (Å²) in [6, 6.07) is 7.73. The first-order chi connectivity index (χ1) is 14.7. The predicted molar refractivity (Wildman–Crippen MR) is 131 cm³/mol. The fourth-order valence-electron chi connectivity index (χ4n) is 3.68. The van der Waals surface area contributed by atoms with Gasteiger partial charge in [0.25, 0.3) is 0 Å². The van der Waals surface area contributed by atoms with Crippen LogP contribution in [0.1, 0.15) is 115 Å². The number of rotatable bonds is 20. The lowest BCUT2D eigenvalue weighted by molar-refractivity contribution is -0.107. The van der Waals surface area contributed by atoms with Gasteiger partial charge in [-0.05, 0) is 41.8 Å². The third-order valence-corrected chi connectivity index (χ3v) is 5.68. The van der Waals surface area contributed by atoms with Gasteiger partial charge in [0.05, 0.1) is 6.61 Å². The Balaban J connectivity index is 1.84. The Morgan fingerprint density at radius 1 is 0.733 bits per heavy atom. The number of carbonyl (C=O) groups is 1. The van der Waals surface area contributed by atoms with Crippen molar-refractivity contribution in [2.45, 2.75) is 110 Å². The van der Waals surface area contributed by atoms with Crippen molar-refractivity contribution in [2.24, 2.45) is 0 Å². The molecule has 0 N–H and O–H groups in total. The molecule has 0 aliphatic heterocycles. The minimum atomic E-state index is -0.459. The van der Waals surface area contributed by atoms with Crippen molar-refractivity contribution in [3.63, 3.8) is 0 Å². The van der Waals surface area contributed by atoms with Gasteiger partial charge in [0, 0.05) is 0 Å². The predicted octanol–water partition coefficient (Wildman–Crippen LogP) is 9.11. The molecule has 0 spiro atoms. The van der Waals surface area contributed by atoms with Crippen LogP contribution in [0, 0.1) is 0 Å². The highest BCUT2D eigenvalue weighted by molar-refractivity contribution is 6.66. The Kier molecular flexibility index (Phi) is 17.5. The first-order valence-corrected chi connectivity index (χ1v) is 12.7. The van der Waals surface area contributed by atoms with E-state index >= 15 is 0 Å². The van der Waals surface area contributed by atoms with Crippen LogP contribution in [-0.2, 0) is 4.79 Å². The SMILES string of the molecule is CCCCCCCCCCCCCCCCCCOc1ccc(C=CC(=O)Cl)cc1. The smallest absolute Gasteiger partial charge is 0.245 e. The van der Waals surface area contributed by atoms with Gasteiger partial charge < -0.3 is 4.74 Å². The number of hydrogen-bond donors (Lipinski definition) is 0.